The van der Waals surface area contributed by atoms with Crippen LogP contribution in [0.25, 0.3) is 0 Å². The zero-order valence-corrected chi connectivity index (χ0v) is 15.9. The molecule has 6 nitrogen and oxygen atoms in total. The van der Waals surface area contributed by atoms with Gasteiger partial charge in [-0.1, -0.05) is 12.6 Å². The minimum Gasteiger partial charge on any atom is -0.410 e. The molecule has 0 bridgehead atoms. The van der Waals surface area contributed by atoms with Crippen LogP contribution in [0, 0.1) is 12.1 Å². The molecule has 0 spiro atoms. The van der Waals surface area contributed by atoms with Gasteiger partial charge < -0.3 is 25.5 Å². The second kappa shape index (κ2) is 8.29. The smallest absolute Gasteiger partial charge is 0.324 e. The number of halogens is 1. The minimum absolute atomic E-state index is 0. The maximum Gasteiger partial charge on any atom is 0.324 e. The quantitative estimate of drug-likeness (QED) is 0.747. The average molecular weight is 406 g/mol. The molecule has 4 atom stereocenters. The number of aliphatic hydroxyl groups excluding tert-OH is 1. The first kappa shape index (κ1) is 19.2. The molecule has 1 fully saturated rings. The van der Waals surface area contributed by atoms with Gasteiger partial charge in [0.05, 0.1) is 6.10 Å². The van der Waals surface area contributed by atoms with Crippen molar-refractivity contribution in [2.45, 2.75) is 38.0 Å². The summed E-state index contributed by atoms with van der Waals surface area (Å²) in [4.78, 5) is 18.8. The Balaban J connectivity index is 0.00000208. The number of rotatable bonds is 3. The fraction of sp³-hybridized carbons (Fsp3) is 0.375. The van der Waals surface area contributed by atoms with Gasteiger partial charge in [0.25, 0.3) is 0 Å². The van der Waals surface area contributed by atoms with Crippen molar-refractivity contribution >= 4 is 5.69 Å². The number of aliphatic hydroxyl groups is 1. The van der Waals surface area contributed by atoms with Crippen molar-refractivity contribution in [3.8, 4) is 0 Å². The number of nitrogens with one attached hydrogen (secondary N) is 1. The van der Waals surface area contributed by atoms with E-state index in [0.717, 1.165) is 4.57 Å². The van der Waals surface area contributed by atoms with Crippen LogP contribution in [0.3, 0.4) is 0 Å². The van der Waals surface area contributed by atoms with E-state index >= 15 is 0 Å². The fourth-order valence-electron chi connectivity index (χ4n) is 2.48. The molecule has 1 aromatic carbocycles. The molecule has 1 unspecified atom stereocenters. The second-order valence-corrected chi connectivity index (χ2v) is 5.23. The van der Waals surface area contributed by atoms with Gasteiger partial charge in [0.1, 0.15) is 6.10 Å². The van der Waals surface area contributed by atoms with E-state index in [2.05, 4.69) is 22.1 Å². The molecular weight excluding hydrogens is 390 g/mol. The van der Waals surface area contributed by atoms with Crippen molar-refractivity contribution in [2.75, 3.05) is 0 Å². The summed E-state index contributed by atoms with van der Waals surface area (Å²) in [6.07, 6.45) is -3.00. The van der Waals surface area contributed by atoms with Crippen LogP contribution >= 0.6 is 0 Å². The third kappa shape index (κ3) is 3.91. The van der Waals surface area contributed by atoms with Crippen LogP contribution in [0.1, 0.15) is 19.6 Å². The van der Waals surface area contributed by atoms with Crippen molar-refractivity contribution in [3.63, 3.8) is 0 Å². The summed E-state index contributed by atoms with van der Waals surface area (Å²) in [6, 6.07) is 12.7. The Morgan fingerprint density at radius 2 is 2.25 bits per heavy atom. The largest absolute Gasteiger partial charge is 0.410 e. The Morgan fingerprint density at radius 3 is 2.83 bits per heavy atom. The summed E-state index contributed by atoms with van der Waals surface area (Å²) in [6.45, 7) is 1.78. The van der Waals surface area contributed by atoms with Crippen molar-refractivity contribution in [1.82, 2.24) is 9.55 Å². The van der Waals surface area contributed by atoms with Gasteiger partial charge in [0, 0.05) is 32.7 Å². The van der Waals surface area contributed by atoms with Gasteiger partial charge in [-0.15, -0.1) is 6.07 Å². The summed E-state index contributed by atoms with van der Waals surface area (Å²) in [5, 5.41) is 9.77. The van der Waals surface area contributed by atoms with Gasteiger partial charge in [-0.25, -0.2) is 9.18 Å². The molecule has 1 aliphatic rings. The third-order valence-corrected chi connectivity index (χ3v) is 3.70. The molecule has 8 heteroatoms. The number of ether oxygens (including phenoxy) is 1. The van der Waals surface area contributed by atoms with Crippen LogP contribution in [0.4, 0.5) is 10.1 Å². The zero-order valence-electron chi connectivity index (χ0n) is 13.0. The monoisotopic (exact) mass is 406 g/mol. The van der Waals surface area contributed by atoms with E-state index in [4.69, 9.17) is 4.74 Å². The predicted octanol–water partition coefficient (Wildman–Crippen LogP) is 1.01. The summed E-state index contributed by atoms with van der Waals surface area (Å²) >= 11 is 0. The molecular formula is C16H16FN3O3Y-2. The molecule has 2 N–H and O–H groups in total. The van der Waals surface area contributed by atoms with Crippen LogP contribution < -0.4 is 11.2 Å². The molecule has 1 radical (unpaired) electrons. The van der Waals surface area contributed by atoms with Crippen molar-refractivity contribution in [1.29, 1.82) is 0 Å². The first-order chi connectivity index (χ1) is 11.1. The molecule has 1 aromatic heterocycles. The first-order valence-electron chi connectivity index (χ1n) is 7.32. The number of hydrogen-bond acceptors (Lipinski definition) is 4. The van der Waals surface area contributed by atoms with Crippen LogP contribution in [0.2, 0.25) is 0 Å². The molecule has 0 aliphatic carbocycles. The molecule has 3 rings (SSSR count). The van der Waals surface area contributed by atoms with Crippen LogP contribution in [0.15, 0.2) is 40.2 Å². The van der Waals surface area contributed by atoms with E-state index in [9.17, 15) is 14.3 Å². The SMILES string of the molecule is CC[C@H]1O[C@@H](n2c[c-]c(=Nc3[c-]cccc3)[nH]c2=O)C(F)[C@H]1O.[Y]. The van der Waals surface area contributed by atoms with E-state index in [1.807, 2.05) is 0 Å². The van der Waals surface area contributed by atoms with Gasteiger partial charge in [-0.3, -0.25) is 4.99 Å². The van der Waals surface area contributed by atoms with Crippen molar-refractivity contribution < 1.29 is 46.9 Å². The molecule has 2 aromatic rings. The molecule has 2 heterocycles. The van der Waals surface area contributed by atoms with Crippen molar-refractivity contribution in [2.24, 2.45) is 4.99 Å². The molecule has 0 amide bonds. The number of aromatic amines is 1. The van der Waals surface area contributed by atoms with E-state index in [1.54, 1.807) is 31.2 Å². The third-order valence-electron chi connectivity index (χ3n) is 3.70. The Kier molecular flexibility index (Phi) is 6.63. The minimum atomic E-state index is -1.68. The number of alkyl halides is 1. The Labute approximate surface area is 163 Å². The van der Waals surface area contributed by atoms with Crippen LogP contribution in [-0.4, -0.2) is 33.0 Å². The standard InChI is InChI=1S/C16H16FN3O3.Y/c1-2-11-14(21)13(17)15(23-11)20-9-8-12(19-16(20)22)18-10-6-4-3-5-7-10;/h3-6,9,11,13-15,21H,2H2,1H3,(H,18,19,22);/q-2;/t11-,13?,14+,15-;/m1./s1. The van der Waals surface area contributed by atoms with Gasteiger partial charge >= 0.3 is 5.69 Å². The van der Waals surface area contributed by atoms with Crippen LogP contribution in [-0.2, 0) is 37.4 Å². The molecule has 1 saturated heterocycles. The number of nitrogens with zero attached hydrogens (tertiary/aromatic N) is 2. The van der Waals surface area contributed by atoms with E-state index in [-0.39, 0.29) is 38.2 Å². The molecule has 125 valence electrons. The van der Waals surface area contributed by atoms with E-state index in [1.165, 1.54) is 6.20 Å². The van der Waals surface area contributed by atoms with E-state index in [0.29, 0.717) is 12.1 Å². The Morgan fingerprint density at radius 1 is 1.46 bits per heavy atom. The van der Waals surface area contributed by atoms with Crippen LogP contribution in [0.5, 0.6) is 0 Å². The van der Waals surface area contributed by atoms with Gasteiger partial charge in [-0.2, -0.15) is 30.5 Å². The Hall–Kier alpha value is -1.15. The maximum atomic E-state index is 14.1. The summed E-state index contributed by atoms with van der Waals surface area (Å²) < 4.78 is 20.6. The number of para-hydroxylation sites is 1. The summed E-state index contributed by atoms with van der Waals surface area (Å²) in [5.41, 5.74) is 0.156. The first-order valence-corrected chi connectivity index (χ1v) is 7.32. The van der Waals surface area contributed by atoms with E-state index < -0.39 is 30.3 Å². The Bertz CT molecular complexity index is 793. The average Bonchev–Trinajstić information content (AvgIpc) is 2.84. The normalized spacial score (nSPS) is 27.0. The maximum absolute atomic E-state index is 14.1. The van der Waals surface area contributed by atoms with Crippen molar-refractivity contribution in [3.05, 3.63) is 58.6 Å². The molecule has 24 heavy (non-hydrogen) atoms. The van der Waals surface area contributed by atoms with Gasteiger partial charge in [0.2, 0.25) is 0 Å². The fourth-order valence-corrected chi connectivity index (χ4v) is 2.48. The number of H-pyrrole nitrogens is 1. The zero-order chi connectivity index (χ0) is 16.4. The number of hydrogen-bond donors (Lipinski definition) is 2. The predicted molar refractivity (Wildman–Crippen MR) is 79.5 cm³/mol. The molecule has 0 saturated carbocycles. The topological polar surface area (TPSA) is 79.6 Å². The van der Waals surface area contributed by atoms with Gasteiger partial charge in [-0.05, 0) is 11.9 Å². The number of benzene rings is 1. The summed E-state index contributed by atoms with van der Waals surface area (Å²) in [7, 11) is 0. The van der Waals surface area contributed by atoms with Gasteiger partial charge in [0.15, 0.2) is 12.4 Å². The molecule has 1 aliphatic heterocycles. The summed E-state index contributed by atoms with van der Waals surface area (Å²) in [5.74, 6) is 0. The second-order valence-electron chi connectivity index (χ2n) is 5.23. The number of aromatic nitrogens is 2.